The molecule has 0 spiro atoms. The van der Waals surface area contributed by atoms with Crippen LogP contribution in [0.3, 0.4) is 0 Å². The molecule has 3 aromatic rings. The molecule has 29 heavy (non-hydrogen) atoms. The summed E-state index contributed by atoms with van der Waals surface area (Å²) in [6.07, 6.45) is 6.85. The molecule has 4 rings (SSSR count). The largest absolute Gasteiger partial charge is 0.342 e. The number of para-hydroxylation sites is 1. The number of nitrogens with zero attached hydrogens (tertiary/aromatic N) is 2. The molecule has 0 N–H and O–H groups in total. The van der Waals surface area contributed by atoms with Gasteiger partial charge in [0.2, 0.25) is 5.52 Å². The molecule has 0 fully saturated rings. The van der Waals surface area contributed by atoms with Crippen LogP contribution in [-0.2, 0) is 6.42 Å². The smallest absolute Gasteiger partial charge is 0.213 e. The fourth-order valence-corrected chi connectivity index (χ4v) is 4.47. The second-order valence-electron chi connectivity index (χ2n) is 8.52. The quantitative estimate of drug-likeness (QED) is 0.283. The molecule has 1 aliphatic rings. The number of allylic oxidation sites excluding steroid dienone is 1. The molecule has 0 radical (unpaired) electrons. The van der Waals surface area contributed by atoms with Crippen LogP contribution in [0.5, 0.6) is 0 Å². The van der Waals surface area contributed by atoms with Gasteiger partial charge in [-0.3, -0.25) is 0 Å². The number of rotatable bonds is 3. The van der Waals surface area contributed by atoms with Crippen LogP contribution in [0, 0.1) is 6.92 Å². The third-order valence-electron chi connectivity index (χ3n) is 5.76. The van der Waals surface area contributed by atoms with Gasteiger partial charge in [-0.2, -0.15) is 4.57 Å². The van der Waals surface area contributed by atoms with E-state index in [0.29, 0.717) is 12.1 Å². The second kappa shape index (κ2) is 8.86. The van der Waals surface area contributed by atoms with Gasteiger partial charge in [0, 0.05) is 29.6 Å². The van der Waals surface area contributed by atoms with E-state index in [1.165, 1.54) is 39.0 Å². The van der Waals surface area contributed by atoms with Crippen LogP contribution in [-0.4, -0.2) is 6.04 Å². The van der Waals surface area contributed by atoms with Crippen LogP contribution < -0.4 is 9.47 Å². The fraction of sp³-hybridized carbons (Fsp3) is 0.346. The molecule has 0 unspecified atom stereocenters. The number of halogens is 1. The van der Waals surface area contributed by atoms with E-state index in [1.54, 1.807) is 0 Å². The lowest BCUT2D eigenvalue weighted by molar-refractivity contribution is -0.691. The maximum absolute atomic E-state index is 2.52. The van der Waals surface area contributed by atoms with Crippen molar-refractivity contribution in [2.24, 2.45) is 0 Å². The molecule has 0 bridgehead atoms. The van der Waals surface area contributed by atoms with Crippen molar-refractivity contribution < 1.29 is 4.57 Å². The van der Waals surface area contributed by atoms with E-state index in [-0.39, 0.29) is 24.0 Å². The summed E-state index contributed by atoms with van der Waals surface area (Å²) in [6, 6.07) is 18.8. The first-order chi connectivity index (χ1) is 13.5. The van der Waals surface area contributed by atoms with Crippen LogP contribution in [0.1, 0.15) is 56.8 Å². The van der Waals surface area contributed by atoms with E-state index in [4.69, 9.17) is 0 Å². The van der Waals surface area contributed by atoms with Crippen molar-refractivity contribution in [2.45, 2.75) is 59.5 Å². The molecule has 1 aliphatic heterocycles. The van der Waals surface area contributed by atoms with E-state index in [0.717, 1.165) is 12.8 Å². The lowest BCUT2D eigenvalue weighted by atomic mass is 9.94. The third kappa shape index (κ3) is 4.20. The van der Waals surface area contributed by atoms with Gasteiger partial charge >= 0.3 is 0 Å². The Morgan fingerprint density at radius 3 is 2.45 bits per heavy atom. The molecule has 0 amide bonds. The van der Waals surface area contributed by atoms with Crippen molar-refractivity contribution in [3.63, 3.8) is 0 Å². The molecule has 2 nitrogen and oxygen atoms in total. The Morgan fingerprint density at radius 2 is 1.72 bits per heavy atom. The highest BCUT2D eigenvalue weighted by atomic mass is 127. The van der Waals surface area contributed by atoms with Crippen LogP contribution in [0.25, 0.3) is 17.0 Å². The van der Waals surface area contributed by atoms with Crippen LogP contribution >= 0.6 is 24.0 Å². The minimum absolute atomic E-state index is 0. The van der Waals surface area contributed by atoms with Crippen molar-refractivity contribution >= 4 is 46.6 Å². The van der Waals surface area contributed by atoms with E-state index >= 15 is 0 Å². The molecule has 2 heterocycles. The Bertz CT molecular complexity index is 1050. The molecule has 3 heteroatoms. The summed E-state index contributed by atoms with van der Waals surface area (Å²) in [4.78, 5) is 2.52. The Hall–Kier alpha value is -1.88. The third-order valence-corrected chi connectivity index (χ3v) is 5.76. The van der Waals surface area contributed by atoms with Gasteiger partial charge in [-0.25, -0.2) is 0 Å². The van der Waals surface area contributed by atoms with Crippen molar-refractivity contribution in [2.75, 3.05) is 4.90 Å². The highest BCUT2D eigenvalue weighted by Gasteiger charge is 2.24. The van der Waals surface area contributed by atoms with Crippen molar-refractivity contribution in [3.05, 3.63) is 77.1 Å². The van der Waals surface area contributed by atoms with E-state index in [2.05, 4.69) is 105 Å². The second-order valence-corrected chi connectivity index (χ2v) is 8.52. The lowest BCUT2D eigenvalue weighted by Crippen LogP contribution is -2.36. The summed E-state index contributed by atoms with van der Waals surface area (Å²) in [6.45, 7) is 11.2. The monoisotopic (exact) mass is 499 g/mol. The van der Waals surface area contributed by atoms with Crippen LogP contribution in [0.15, 0.2) is 60.4 Å². The Morgan fingerprint density at radius 1 is 0.966 bits per heavy atom. The summed E-state index contributed by atoms with van der Waals surface area (Å²) in [5.41, 5.74) is 8.22. The SMILES string of the molecule is Cc1ccc2c(c1)CC/C(=C/c1cc[n+](C(C)C)c3ccccc13)N2C(C)C.I. The Kier molecular flexibility index (Phi) is 6.67. The van der Waals surface area contributed by atoms with Gasteiger partial charge < -0.3 is 4.90 Å². The van der Waals surface area contributed by atoms with E-state index < -0.39 is 0 Å². The maximum Gasteiger partial charge on any atom is 0.213 e. The summed E-state index contributed by atoms with van der Waals surface area (Å²) in [5, 5.41) is 1.32. The summed E-state index contributed by atoms with van der Waals surface area (Å²) >= 11 is 0. The topological polar surface area (TPSA) is 7.12 Å². The zero-order chi connectivity index (χ0) is 19.8. The van der Waals surface area contributed by atoms with Crippen molar-refractivity contribution in [1.29, 1.82) is 0 Å². The van der Waals surface area contributed by atoms with Gasteiger partial charge in [0.05, 0.1) is 5.39 Å². The number of aromatic nitrogens is 1. The predicted molar refractivity (Wildman–Crippen MR) is 135 cm³/mol. The molecule has 1 aromatic heterocycles. The van der Waals surface area contributed by atoms with E-state index in [9.17, 15) is 0 Å². The standard InChI is InChI=1S/C26H31N2.HI/c1-18(2)27-15-14-21(24-8-6-7-9-26(24)27)17-23-12-11-22-16-20(5)10-13-25(22)28(23)19(3)4;/h6-10,13-19H,11-12H2,1-5H3;1H/q+1;. The summed E-state index contributed by atoms with van der Waals surface area (Å²) in [7, 11) is 0. The van der Waals surface area contributed by atoms with Crippen molar-refractivity contribution in [1.82, 2.24) is 0 Å². The number of hydrogen-bond acceptors (Lipinski definition) is 1. The number of pyridine rings is 1. The predicted octanol–water partition coefficient (Wildman–Crippen LogP) is 6.84. The minimum atomic E-state index is 0. The van der Waals surface area contributed by atoms with Gasteiger partial charge in [0.1, 0.15) is 0 Å². The number of anilines is 1. The number of aryl methyl sites for hydroxylation is 2. The fourth-order valence-electron chi connectivity index (χ4n) is 4.47. The molecular weight excluding hydrogens is 467 g/mol. The zero-order valence-electron chi connectivity index (χ0n) is 18.1. The average Bonchev–Trinajstić information content (AvgIpc) is 2.67. The van der Waals surface area contributed by atoms with Crippen LogP contribution in [0.4, 0.5) is 5.69 Å². The first kappa shape index (κ1) is 21.8. The summed E-state index contributed by atoms with van der Waals surface area (Å²) < 4.78 is 2.36. The van der Waals surface area contributed by atoms with Gasteiger partial charge in [0.15, 0.2) is 12.2 Å². The molecule has 2 aromatic carbocycles. The van der Waals surface area contributed by atoms with Crippen molar-refractivity contribution in [3.8, 4) is 0 Å². The molecular formula is C26H32IN2+. The molecule has 0 aliphatic carbocycles. The maximum atomic E-state index is 2.52. The summed E-state index contributed by atoms with van der Waals surface area (Å²) in [5.74, 6) is 0. The highest BCUT2D eigenvalue weighted by Crippen LogP contribution is 2.36. The Labute approximate surface area is 192 Å². The van der Waals surface area contributed by atoms with Gasteiger partial charge in [-0.15, -0.1) is 24.0 Å². The molecule has 0 saturated heterocycles. The number of hydrogen-bond donors (Lipinski definition) is 0. The first-order valence-electron chi connectivity index (χ1n) is 10.5. The first-order valence-corrected chi connectivity index (χ1v) is 10.5. The molecule has 0 saturated carbocycles. The Balaban J connectivity index is 0.00000240. The van der Waals surface area contributed by atoms with E-state index in [1.807, 2.05) is 0 Å². The normalized spacial score (nSPS) is 15.1. The zero-order valence-corrected chi connectivity index (χ0v) is 20.5. The average molecular weight is 499 g/mol. The van der Waals surface area contributed by atoms with Gasteiger partial charge in [-0.05, 0) is 76.8 Å². The molecule has 152 valence electrons. The minimum Gasteiger partial charge on any atom is -0.342 e. The number of fused-ring (bicyclic) bond motifs is 2. The number of benzene rings is 2. The highest BCUT2D eigenvalue weighted by molar-refractivity contribution is 14.0. The van der Waals surface area contributed by atoms with Crippen LogP contribution in [0.2, 0.25) is 0 Å². The van der Waals surface area contributed by atoms with Gasteiger partial charge in [-0.1, -0.05) is 29.8 Å². The van der Waals surface area contributed by atoms with Gasteiger partial charge in [0.25, 0.3) is 0 Å². The molecule has 0 atom stereocenters. The lowest BCUT2D eigenvalue weighted by Gasteiger charge is -2.37.